The smallest absolute Gasteiger partial charge is 0.252 e. The van der Waals surface area contributed by atoms with Crippen LogP contribution in [0.1, 0.15) is 19.4 Å². The number of amides is 2. The first-order chi connectivity index (χ1) is 13.4. The highest BCUT2D eigenvalue weighted by atomic mass is 35.5. The lowest BCUT2D eigenvalue weighted by Crippen LogP contribution is -2.81. The first-order valence-corrected chi connectivity index (χ1v) is 9.79. The fourth-order valence-electron chi connectivity index (χ4n) is 3.98. The van der Waals surface area contributed by atoms with E-state index < -0.39 is 5.54 Å². The monoisotopic (exact) mass is 398 g/mol. The number of piperazine rings is 1. The van der Waals surface area contributed by atoms with E-state index in [1.165, 1.54) is 0 Å². The van der Waals surface area contributed by atoms with Crippen LogP contribution >= 0.6 is 11.6 Å². The highest BCUT2D eigenvalue weighted by Crippen LogP contribution is 2.38. The predicted octanol–water partition coefficient (Wildman–Crippen LogP) is 2.57. The van der Waals surface area contributed by atoms with Crippen LogP contribution in [-0.2, 0) is 16.1 Å². The Morgan fingerprint density at radius 1 is 1.07 bits per heavy atom. The second kappa shape index (κ2) is 7.09. The lowest BCUT2D eigenvalue weighted by atomic mass is 9.82. The molecule has 4 rings (SSSR count). The van der Waals surface area contributed by atoms with Crippen molar-refractivity contribution in [3.8, 4) is 0 Å². The van der Waals surface area contributed by atoms with Crippen LogP contribution in [0.3, 0.4) is 0 Å². The molecule has 1 aromatic heterocycles. The van der Waals surface area contributed by atoms with Crippen LogP contribution < -0.4 is 4.90 Å². The second-order valence-electron chi connectivity index (χ2n) is 7.73. The molecule has 1 aromatic carbocycles. The Balaban J connectivity index is 1.64. The summed E-state index contributed by atoms with van der Waals surface area (Å²) in [5.74, 6) is 0.0130. The van der Waals surface area contributed by atoms with Gasteiger partial charge in [-0.25, -0.2) is 0 Å². The summed E-state index contributed by atoms with van der Waals surface area (Å²) in [6.07, 6.45) is 3.47. The minimum Gasteiger partial charge on any atom is -0.365 e. The number of halogens is 1. The number of benzene rings is 1. The quantitative estimate of drug-likeness (QED) is 0.794. The normalized spacial score (nSPS) is 18.8. The maximum Gasteiger partial charge on any atom is 0.252 e. The van der Waals surface area contributed by atoms with E-state index in [1.807, 2.05) is 50.2 Å². The van der Waals surface area contributed by atoms with E-state index in [4.69, 9.17) is 11.6 Å². The van der Waals surface area contributed by atoms with Crippen LogP contribution in [0.4, 0.5) is 5.69 Å². The van der Waals surface area contributed by atoms with Crippen LogP contribution in [-0.4, -0.2) is 57.8 Å². The third kappa shape index (κ3) is 3.11. The summed E-state index contributed by atoms with van der Waals surface area (Å²) in [7, 11) is 0. The SMILES string of the molecule is CC(C)N1CC(=O)N(Cc2ccc(Cl)cc2)C2(CN(c3ccncc3)C2)C1=O. The highest BCUT2D eigenvalue weighted by Gasteiger charge is 2.59. The molecule has 2 fully saturated rings. The van der Waals surface area contributed by atoms with Crippen LogP contribution in [0.5, 0.6) is 0 Å². The zero-order valence-electron chi connectivity index (χ0n) is 16.0. The van der Waals surface area contributed by atoms with Crippen LogP contribution in [0.25, 0.3) is 0 Å². The van der Waals surface area contributed by atoms with Gasteiger partial charge >= 0.3 is 0 Å². The number of pyridine rings is 1. The molecule has 146 valence electrons. The van der Waals surface area contributed by atoms with E-state index in [0.717, 1.165) is 11.3 Å². The number of anilines is 1. The van der Waals surface area contributed by atoms with Crippen molar-refractivity contribution in [2.45, 2.75) is 32.0 Å². The Hall–Kier alpha value is -2.60. The van der Waals surface area contributed by atoms with E-state index >= 15 is 0 Å². The van der Waals surface area contributed by atoms with Gasteiger partial charge < -0.3 is 14.7 Å². The molecule has 2 aromatic rings. The number of hydrogen-bond donors (Lipinski definition) is 0. The summed E-state index contributed by atoms with van der Waals surface area (Å²) in [6, 6.07) is 11.3. The van der Waals surface area contributed by atoms with E-state index in [1.54, 1.807) is 22.2 Å². The predicted molar refractivity (Wildman–Crippen MR) is 108 cm³/mol. The molecular weight excluding hydrogens is 376 g/mol. The summed E-state index contributed by atoms with van der Waals surface area (Å²) in [6.45, 7) is 5.40. The zero-order valence-corrected chi connectivity index (χ0v) is 16.8. The number of carbonyl (C=O) groups excluding carboxylic acids is 2. The van der Waals surface area contributed by atoms with Crippen molar-refractivity contribution in [3.63, 3.8) is 0 Å². The van der Waals surface area contributed by atoms with E-state index in [2.05, 4.69) is 9.88 Å². The minimum atomic E-state index is -0.831. The maximum absolute atomic E-state index is 13.4. The summed E-state index contributed by atoms with van der Waals surface area (Å²) >= 11 is 5.99. The molecule has 28 heavy (non-hydrogen) atoms. The molecule has 0 saturated carbocycles. The molecule has 0 atom stereocenters. The van der Waals surface area contributed by atoms with Crippen molar-refractivity contribution in [1.29, 1.82) is 0 Å². The molecule has 6 nitrogen and oxygen atoms in total. The van der Waals surface area contributed by atoms with Gasteiger partial charge in [0.1, 0.15) is 6.54 Å². The van der Waals surface area contributed by atoms with Gasteiger partial charge in [0, 0.05) is 35.7 Å². The van der Waals surface area contributed by atoms with Crippen LogP contribution in [0.2, 0.25) is 5.02 Å². The van der Waals surface area contributed by atoms with Crippen LogP contribution in [0, 0.1) is 0 Å². The molecule has 0 aliphatic carbocycles. The van der Waals surface area contributed by atoms with Gasteiger partial charge in [-0.3, -0.25) is 14.6 Å². The van der Waals surface area contributed by atoms with E-state index in [0.29, 0.717) is 24.7 Å². The largest absolute Gasteiger partial charge is 0.365 e. The topological polar surface area (TPSA) is 56.8 Å². The van der Waals surface area contributed by atoms with Gasteiger partial charge in [-0.15, -0.1) is 0 Å². The number of carbonyl (C=O) groups is 2. The first-order valence-electron chi connectivity index (χ1n) is 9.42. The van der Waals surface area contributed by atoms with Crippen molar-refractivity contribution < 1.29 is 9.59 Å². The van der Waals surface area contributed by atoms with Crippen molar-refractivity contribution >= 4 is 29.1 Å². The fourth-order valence-corrected chi connectivity index (χ4v) is 4.11. The average Bonchev–Trinajstić information content (AvgIpc) is 2.65. The minimum absolute atomic E-state index is 0.0130. The van der Waals surface area contributed by atoms with Crippen molar-refractivity contribution in [2.24, 2.45) is 0 Å². The van der Waals surface area contributed by atoms with Crippen molar-refractivity contribution in [1.82, 2.24) is 14.8 Å². The van der Waals surface area contributed by atoms with E-state index in [-0.39, 0.29) is 24.4 Å². The number of rotatable bonds is 4. The Morgan fingerprint density at radius 3 is 2.32 bits per heavy atom. The number of aromatic nitrogens is 1. The van der Waals surface area contributed by atoms with Gasteiger partial charge in [0.05, 0.1) is 13.1 Å². The Kier molecular flexibility index (Phi) is 4.75. The number of nitrogens with zero attached hydrogens (tertiary/aromatic N) is 4. The lowest BCUT2D eigenvalue weighted by molar-refractivity contribution is -0.170. The zero-order chi connectivity index (χ0) is 19.9. The summed E-state index contributed by atoms with van der Waals surface area (Å²) < 4.78 is 0. The van der Waals surface area contributed by atoms with E-state index in [9.17, 15) is 9.59 Å². The molecule has 2 aliphatic rings. The first kappa shape index (κ1) is 18.7. The summed E-state index contributed by atoms with van der Waals surface area (Å²) in [5, 5.41) is 0.651. The summed E-state index contributed by atoms with van der Waals surface area (Å²) in [5.41, 5.74) is 1.14. The third-order valence-corrected chi connectivity index (χ3v) is 5.84. The molecule has 0 unspecified atom stereocenters. The third-order valence-electron chi connectivity index (χ3n) is 5.59. The molecule has 0 radical (unpaired) electrons. The Morgan fingerprint density at radius 2 is 1.71 bits per heavy atom. The standard InChI is InChI=1S/C21H23ClN4O2/c1-15(2)25-12-19(27)26(11-16-3-5-17(22)6-4-16)21(20(25)28)13-24(14-21)18-7-9-23-10-8-18/h3-10,15H,11-14H2,1-2H3. The van der Waals surface area contributed by atoms with Gasteiger partial charge in [0.15, 0.2) is 5.54 Å². The van der Waals surface area contributed by atoms with Crippen LogP contribution in [0.15, 0.2) is 48.8 Å². The summed E-state index contributed by atoms with van der Waals surface area (Å²) in [4.78, 5) is 36.1. The molecule has 1 spiro atoms. The molecule has 2 aliphatic heterocycles. The van der Waals surface area contributed by atoms with Gasteiger partial charge in [-0.1, -0.05) is 23.7 Å². The highest BCUT2D eigenvalue weighted by molar-refractivity contribution is 6.30. The average molecular weight is 399 g/mol. The Bertz CT molecular complexity index is 879. The Labute approximate surface area is 169 Å². The molecular formula is C21H23ClN4O2. The van der Waals surface area contributed by atoms with Gasteiger partial charge in [0.25, 0.3) is 5.91 Å². The van der Waals surface area contributed by atoms with Crippen molar-refractivity contribution in [3.05, 3.63) is 59.4 Å². The molecule has 0 bridgehead atoms. The molecule has 7 heteroatoms. The maximum atomic E-state index is 13.4. The second-order valence-corrected chi connectivity index (χ2v) is 8.16. The lowest BCUT2D eigenvalue weighted by Gasteiger charge is -2.59. The van der Waals surface area contributed by atoms with Gasteiger partial charge in [-0.2, -0.15) is 0 Å². The molecule has 0 N–H and O–H groups in total. The van der Waals surface area contributed by atoms with Gasteiger partial charge in [0.2, 0.25) is 5.91 Å². The van der Waals surface area contributed by atoms with Crippen molar-refractivity contribution in [2.75, 3.05) is 24.5 Å². The molecule has 2 amide bonds. The molecule has 3 heterocycles. The van der Waals surface area contributed by atoms with Gasteiger partial charge in [-0.05, 0) is 43.7 Å². The fraction of sp³-hybridized carbons (Fsp3) is 0.381. The molecule has 2 saturated heterocycles. The number of hydrogen-bond acceptors (Lipinski definition) is 4.